The number of H-pyrrole nitrogens is 1. The largest absolute Gasteiger partial charge is 0.383 e. The van der Waals surface area contributed by atoms with Crippen molar-refractivity contribution in [1.82, 2.24) is 29.4 Å². The van der Waals surface area contributed by atoms with E-state index in [-0.39, 0.29) is 5.54 Å². The highest BCUT2D eigenvalue weighted by Crippen LogP contribution is 2.53. The second kappa shape index (κ2) is 5.38. The molecule has 0 radical (unpaired) electrons. The van der Waals surface area contributed by atoms with Gasteiger partial charge in [-0.3, -0.25) is 0 Å². The molecule has 146 valence electrons. The number of carbonyl (C=O) groups excluding carboxylic acids is 1. The Morgan fingerprint density at radius 3 is 2.83 bits per heavy atom. The zero-order valence-electron chi connectivity index (χ0n) is 15.3. The third kappa shape index (κ3) is 2.10. The van der Waals surface area contributed by atoms with Crippen molar-refractivity contribution in [2.75, 3.05) is 12.3 Å². The average molecular weight is 409 g/mol. The Bertz CT molecular complexity index is 1340. The molecule has 10 heteroatoms. The maximum absolute atomic E-state index is 12.1. The van der Waals surface area contributed by atoms with Gasteiger partial charge in [-0.25, -0.2) is 19.7 Å². The highest BCUT2D eigenvalue weighted by Gasteiger charge is 2.52. The minimum atomic E-state index is -0.442. The lowest BCUT2D eigenvalue weighted by Crippen LogP contribution is -2.47. The Morgan fingerprint density at radius 2 is 2.10 bits per heavy atom. The van der Waals surface area contributed by atoms with Crippen LogP contribution in [0.25, 0.3) is 33.3 Å². The highest BCUT2D eigenvalue weighted by atomic mass is 35.5. The molecule has 5 heterocycles. The van der Waals surface area contributed by atoms with Crippen molar-refractivity contribution in [3.63, 3.8) is 0 Å². The number of aromatic nitrogens is 5. The van der Waals surface area contributed by atoms with Gasteiger partial charge in [0.25, 0.3) is 0 Å². The van der Waals surface area contributed by atoms with Crippen molar-refractivity contribution in [2.24, 2.45) is 5.73 Å². The van der Waals surface area contributed by atoms with E-state index in [4.69, 9.17) is 23.1 Å². The van der Waals surface area contributed by atoms with Gasteiger partial charge < -0.3 is 25.9 Å². The van der Waals surface area contributed by atoms with E-state index in [0.29, 0.717) is 35.3 Å². The summed E-state index contributed by atoms with van der Waals surface area (Å²) in [4.78, 5) is 30.2. The van der Waals surface area contributed by atoms with E-state index in [9.17, 15) is 4.79 Å². The molecule has 4 aromatic heterocycles. The molecule has 1 spiro atoms. The molecule has 4 aromatic rings. The van der Waals surface area contributed by atoms with E-state index >= 15 is 0 Å². The van der Waals surface area contributed by atoms with Gasteiger partial charge in [0.05, 0.1) is 28.2 Å². The molecule has 6 rings (SSSR count). The number of carbonyl (C=O) groups is 1. The molecule has 0 saturated heterocycles. The molecule has 1 aliphatic heterocycles. The van der Waals surface area contributed by atoms with Crippen LogP contribution < -0.4 is 11.5 Å². The van der Waals surface area contributed by atoms with Crippen molar-refractivity contribution in [3.05, 3.63) is 35.4 Å². The fraction of sp³-hybridized carbons (Fsp3) is 0.263. The summed E-state index contributed by atoms with van der Waals surface area (Å²) in [6.07, 6.45) is 5.06. The summed E-state index contributed by atoms with van der Waals surface area (Å²) in [5, 5.41) is 2.10. The smallest absolute Gasteiger partial charge is 0.315 e. The Balaban J connectivity index is 1.74. The van der Waals surface area contributed by atoms with Crippen LogP contribution in [0.4, 0.5) is 10.6 Å². The predicted octanol–water partition coefficient (Wildman–Crippen LogP) is 2.59. The molecule has 2 amide bonds. The first-order chi connectivity index (χ1) is 14.0. The minimum absolute atomic E-state index is 0.212. The first-order valence-corrected chi connectivity index (χ1v) is 9.69. The van der Waals surface area contributed by atoms with Gasteiger partial charge >= 0.3 is 6.03 Å². The quantitative estimate of drug-likeness (QED) is 0.445. The molecular formula is C19H17ClN8O. The number of nitrogens with two attached hydrogens (primary N) is 2. The van der Waals surface area contributed by atoms with Crippen LogP contribution in [0.3, 0.4) is 0 Å². The summed E-state index contributed by atoms with van der Waals surface area (Å²) < 4.78 is 2.21. The number of nitrogen functional groups attached to an aromatic ring is 1. The third-order valence-corrected chi connectivity index (χ3v) is 6.47. The second-order valence-electron chi connectivity index (χ2n) is 7.75. The number of nitrogens with zero attached hydrogens (tertiary/aromatic N) is 5. The lowest BCUT2D eigenvalue weighted by molar-refractivity contribution is 0.174. The number of fused-ring (bicyclic) bond motifs is 5. The summed E-state index contributed by atoms with van der Waals surface area (Å²) in [5.41, 5.74) is 15.6. The summed E-state index contributed by atoms with van der Waals surface area (Å²) in [7, 11) is 0. The van der Waals surface area contributed by atoms with Crippen LogP contribution >= 0.6 is 11.6 Å². The number of nitrogens with one attached hydrogen (secondary N) is 1. The standard InChI is InChI=1S/C19H17ClN8O/c20-13-9-2-1-5-23-16(9)26-14(13)11-10-6-27(18(22)29)7-19(3-4-19)28(10)17-12(11)15(21)24-8-25-17/h1-2,5,8H,3-4,6-7H2,(H2,22,29)(H,23,26)(H2,21,24,25). The number of hydrogen-bond acceptors (Lipinski definition) is 5. The summed E-state index contributed by atoms with van der Waals surface area (Å²) in [6, 6.07) is 3.31. The lowest BCUT2D eigenvalue weighted by Gasteiger charge is -2.35. The van der Waals surface area contributed by atoms with Crippen molar-refractivity contribution < 1.29 is 4.79 Å². The molecular weight excluding hydrogens is 392 g/mol. The van der Waals surface area contributed by atoms with Crippen molar-refractivity contribution in [2.45, 2.75) is 24.9 Å². The molecule has 1 aliphatic carbocycles. The van der Waals surface area contributed by atoms with Gasteiger partial charge in [-0.05, 0) is 25.0 Å². The van der Waals surface area contributed by atoms with Crippen LogP contribution in [0.15, 0.2) is 24.7 Å². The Labute approximate surface area is 169 Å². The normalized spacial score (nSPS) is 17.2. The maximum Gasteiger partial charge on any atom is 0.315 e. The van der Waals surface area contributed by atoms with Gasteiger partial charge in [0.15, 0.2) is 0 Å². The Morgan fingerprint density at radius 1 is 1.28 bits per heavy atom. The molecule has 1 saturated carbocycles. The third-order valence-electron chi connectivity index (χ3n) is 6.07. The second-order valence-corrected chi connectivity index (χ2v) is 8.12. The minimum Gasteiger partial charge on any atom is -0.383 e. The van der Waals surface area contributed by atoms with Gasteiger partial charge in [-0.15, -0.1) is 0 Å². The first-order valence-electron chi connectivity index (χ1n) is 9.31. The van der Waals surface area contributed by atoms with E-state index in [2.05, 4.69) is 24.5 Å². The van der Waals surface area contributed by atoms with E-state index in [0.717, 1.165) is 40.5 Å². The van der Waals surface area contributed by atoms with E-state index in [1.165, 1.54) is 6.33 Å². The summed E-state index contributed by atoms with van der Waals surface area (Å²) >= 11 is 6.76. The number of primary amides is 1. The fourth-order valence-corrected chi connectivity index (χ4v) is 4.91. The van der Waals surface area contributed by atoms with Crippen LogP contribution in [0.5, 0.6) is 0 Å². The number of pyridine rings is 1. The van der Waals surface area contributed by atoms with Crippen molar-refractivity contribution >= 4 is 45.5 Å². The number of anilines is 1. The van der Waals surface area contributed by atoms with Gasteiger partial charge in [0.2, 0.25) is 0 Å². The average Bonchev–Trinajstić information content (AvgIpc) is 3.26. The maximum atomic E-state index is 12.1. The van der Waals surface area contributed by atoms with Crippen LogP contribution in [0, 0.1) is 0 Å². The highest BCUT2D eigenvalue weighted by molar-refractivity contribution is 6.38. The number of halogens is 1. The molecule has 5 N–H and O–H groups in total. The van der Waals surface area contributed by atoms with Crippen molar-refractivity contribution in [3.8, 4) is 11.3 Å². The SMILES string of the molecule is NC(=O)N1Cc2c(-c3[nH]c4ncccc4c3Cl)c3c(N)ncnc3n2C2(CC2)C1. The van der Waals surface area contributed by atoms with E-state index in [1.54, 1.807) is 11.1 Å². The zero-order valence-corrected chi connectivity index (χ0v) is 16.1. The Hall–Kier alpha value is -3.33. The topological polar surface area (TPSA) is 132 Å². The molecule has 0 unspecified atom stereocenters. The van der Waals surface area contributed by atoms with E-state index < -0.39 is 6.03 Å². The number of hydrogen-bond donors (Lipinski definition) is 3. The van der Waals surface area contributed by atoms with Gasteiger partial charge in [-0.2, -0.15) is 0 Å². The lowest BCUT2D eigenvalue weighted by atomic mass is 10.1. The van der Waals surface area contributed by atoms with Crippen molar-refractivity contribution in [1.29, 1.82) is 0 Å². The molecule has 0 bridgehead atoms. The van der Waals surface area contributed by atoms with Crippen LogP contribution in [-0.4, -0.2) is 42.0 Å². The fourth-order valence-electron chi connectivity index (χ4n) is 4.62. The summed E-state index contributed by atoms with van der Waals surface area (Å²) in [6.45, 7) is 0.909. The van der Waals surface area contributed by atoms with Crippen LogP contribution in [0.2, 0.25) is 5.02 Å². The first kappa shape index (κ1) is 16.6. The summed E-state index contributed by atoms with van der Waals surface area (Å²) in [5.74, 6) is 0.371. The van der Waals surface area contributed by atoms with Gasteiger partial charge in [0.1, 0.15) is 23.4 Å². The molecule has 0 atom stereocenters. The van der Waals surface area contributed by atoms with Crippen LogP contribution in [-0.2, 0) is 12.1 Å². The van der Waals surface area contributed by atoms with E-state index in [1.807, 2.05) is 12.1 Å². The zero-order chi connectivity index (χ0) is 19.9. The van der Waals surface area contributed by atoms with Crippen LogP contribution in [0.1, 0.15) is 18.5 Å². The van der Waals surface area contributed by atoms with Gasteiger partial charge in [-0.1, -0.05) is 11.6 Å². The number of amides is 2. The molecule has 29 heavy (non-hydrogen) atoms. The predicted molar refractivity (Wildman–Crippen MR) is 109 cm³/mol. The Kier molecular flexibility index (Phi) is 3.08. The van der Waals surface area contributed by atoms with Gasteiger partial charge in [0, 0.05) is 29.4 Å². The molecule has 9 nitrogen and oxygen atoms in total. The number of urea groups is 1. The molecule has 0 aromatic carbocycles. The number of rotatable bonds is 1. The molecule has 2 aliphatic rings. The molecule has 1 fully saturated rings. The number of aromatic amines is 1. The monoisotopic (exact) mass is 408 g/mol.